The van der Waals surface area contributed by atoms with E-state index in [0.717, 1.165) is 25.9 Å². The van der Waals surface area contributed by atoms with Crippen molar-refractivity contribution in [2.75, 3.05) is 13.1 Å². The van der Waals surface area contributed by atoms with Gasteiger partial charge in [-0.25, -0.2) is 0 Å². The minimum absolute atomic E-state index is 0.359. The van der Waals surface area contributed by atoms with Crippen LogP contribution in [0.3, 0.4) is 0 Å². The fraction of sp³-hybridized carbons (Fsp3) is 0.909. The Labute approximate surface area is 85.8 Å². The van der Waals surface area contributed by atoms with Crippen molar-refractivity contribution in [3.8, 4) is 0 Å². The molecule has 1 amide bonds. The zero-order chi connectivity index (χ0) is 10.1. The number of nitrogens with zero attached hydrogens (tertiary/aromatic N) is 1. The number of amides is 1. The maximum absolute atomic E-state index is 11.7. The number of hydrogen-bond acceptors (Lipinski definition) is 2. The summed E-state index contributed by atoms with van der Waals surface area (Å²) in [5.41, 5.74) is 0. The molecule has 0 saturated carbocycles. The molecule has 2 aliphatic rings. The maximum atomic E-state index is 11.7. The third-order valence-electron chi connectivity index (χ3n) is 3.63. The molecular weight excluding hydrogens is 176 g/mol. The minimum atomic E-state index is 0.359. The molecule has 0 bridgehead atoms. The normalized spacial score (nSPS) is 39.1. The summed E-state index contributed by atoms with van der Waals surface area (Å²) < 4.78 is 0. The molecule has 2 fully saturated rings. The van der Waals surface area contributed by atoms with E-state index in [0.29, 0.717) is 23.9 Å². The van der Waals surface area contributed by atoms with E-state index in [4.69, 9.17) is 0 Å². The van der Waals surface area contributed by atoms with Crippen LogP contribution in [-0.2, 0) is 4.79 Å². The van der Waals surface area contributed by atoms with Crippen molar-refractivity contribution >= 4 is 5.91 Å². The molecule has 0 aliphatic carbocycles. The van der Waals surface area contributed by atoms with E-state index in [2.05, 4.69) is 24.1 Å². The summed E-state index contributed by atoms with van der Waals surface area (Å²) in [6.07, 6.45) is 3.00. The second kappa shape index (κ2) is 3.89. The van der Waals surface area contributed by atoms with E-state index in [-0.39, 0.29) is 0 Å². The van der Waals surface area contributed by atoms with Crippen LogP contribution in [-0.4, -0.2) is 36.0 Å². The Morgan fingerprint density at radius 1 is 1.43 bits per heavy atom. The first-order valence-electron chi connectivity index (χ1n) is 5.73. The van der Waals surface area contributed by atoms with E-state index in [1.54, 1.807) is 0 Å². The van der Waals surface area contributed by atoms with Gasteiger partial charge >= 0.3 is 0 Å². The van der Waals surface area contributed by atoms with Gasteiger partial charge in [0, 0.05) is 25.0 Å². The number of carbonyl (C=O) groups is 1. The monoisotopic (exact) mass is 196 g/mol. The molecule has 3 atom stereocenters. The van der Waals surface area contributed by atoms with Crippen LogP contribution in [0, 0.1) is 5.92 Å². The second-order valence-corrected chi connectivity index (χ2v) is 4.69. The van der Waals surface area contributed by atoms with Gasteiger partial charge in [0.2, 0.25) is 5.91 Å². The predicted molar refractivity (Wildman–Crippen MR) is 56.0 cm³/mol. The summed E-state index contributed by atoms with van der Waals surface area (Å²) >= 11 is 0. The molecule has 3 heteroatoms. The van der Waals surface area contributed by atoms with Gasteiger partial charge < -0.3 is 10.2 Å². The first-order valence-corrected chi connectivity index (χ1v) is 5.73. The fourth-order valence-electron chi connectivity index (χ4n) is 2.88. The quantitative estimate of drug-likeness (QED) is 0.678. The topological polar surface area (TPSA) is 32.3 Å². The van der Waals surface area contributed by atoms with Gasteiger partial charge in [0.15, 0.2) is 0 Å². The van der Waals surface area contributed by atoms with Crippen molar-refractivity contribution in [3.63, 3.8) is 0 Å². The van der Waals surface area contributed by atoms with E-state index in [1.165, 1.54) is 6.42 Å². The standard InChI is InChI=1S/C11H20N2O/c1-8-5-6-12-9(2)11(8)13-7-3-4-10(13)14/h8-9,11-12H,3-7H2,1-2H3. The first-order chi connectivity index (χ1) is 6.70. The first kappa shape index (κ1) is 9.97. The van der Waals surface area contributed by atoms with Gasteiger partial charge in [-0.1, -0.05) is 6.92 Å². The summed E-state index contributed by atoms with van der Waals surface area (Å²) in [6.45, 7) is 6.54. The lowest BCUT2D eigenvalue weighted by molar-refractivity contribution is -0.131. The lowest BCUT2D eigenvalue weighted by Gasteiger charge is -2.41. The number of likely N-dealkylation sites (tertiary alicyclic amines) is 1. The molecular formula is C11H20N2O. The van der Waals surface area contributed by atoms with Crippen LogP contribution in [0.25, 0.3) is 0 Å². The van der Waals surface area contributed by atoms with E-state index in [1.807, 2.05) is 0 Å². The third kappa shape index (κ3) is 1.65. The predicted octanol–water partition coefficient (Wildman–Crippen LogP) is 0.995. The Morgan fingerprint density at radius 2 is 2.21 bits per heavy atom. The van der Waals surface area contributed by atoms with Crippen LogP contribution >= 0.6 is 0 Å². The number of carbonyl (C=O) groups excluding carboxylic acids is 1. The van der Waals surface area contributed by atoms with Crippen molar-refractivity contribution in [3.05, 3.63) is 0 Å². The third-order valence-corrected chi connectivity index (χ3v) is 3.63. The molecule has 14 heavy (non-hydrogen) atoms. The van der Waals surface area contributed by atoms with Gasteiger partial charge in [-0.15, -0.1) is 0 Å². The summed E-state index contributed by atoms with van der Waals surface area (Å²) in [4.78, 5) is 13.8. The van der Waals surface area contributed by atoms with Crippen molar-refractivity contribution in [1.82, 2.24) is 10.2 Å². The van der Waals surface area contributed by atoms with Gasteiger partial charge in [-0.05, 0) is 32.2 Å². The largest absolute Gasteiger partial charge is 0.338 e. The second-order valence-electron chi connectivity index (χ2n) is 4.69. The SMILES string of the molecule is CC1CCNC(C)C1N1CCCC1=O. The molecule has 3 unspecified atom stereocenters. The molecule has 2 saturated heterocycles. The van der Waals surface area contributed by atoms with Gasteiger partial charge in [0.1, 0.15) is 0 Å². The number of hydrogen-bond donors (Lipinski definition) is 1. The molecule has 1 N–H and O–H groups in total. The number of rotatable bonds is 1. The van der Waals surface area contributed by atoms with E-state index >= 15 is 0 Å². The Kier molecular flexibility index (Phi) is 2.77. The van der Waals surface area contributed by atoms with Crippen molar-refractivity contribution < 1.29 is 4.79 Å². The van der Waals surface area contributed by atoms with E-state index < -0.39 is 0 Å². The zero-order valence-corrected chi connectivity index (χ0v) is 9.12. The van der Waals surface area contributed by atoms with Crippen molar-refractivity contribution in [2.45, 2.75) is 45.2 Å². The van der Waals surface area contributed by atoms with Gasteiger partial charge in [0.25, 0.3) is 0 Å². The number of piperidine rings is 1. The Balaban J connectivity index is 2.09. The van der Waals surface area contributed by atoms with E-state index in [9.17, 15) is 4.79 Å². The zero-order valence-electron chi connectivity index (χ0n) is 9.12. The van der Waals surface area contributed by atoms with Gasteiger partial charge in [-0.2, -0.15) is 0 Å². The van der Waals surface area contributed by atoms with Crippen LogP contribution in [0.1, 0.15) is 33.1 Å². The highest BCUT2D eigenvalue weighted by atomic mass is 16.2. The molecule has 2 heterocycles. The van der Waals surface area contributed by atoms with Crippen molar-refractivity contribution in [2.24, 2.45) is 5.92 Å². The Bertz CT molecular complexity index is 219. The highest BCUT2D eigenvalue weighted by Crippen LogP contribution is 2.25. The lowest BCUT2D eigenvalue weighted by Crippen LogP contribution is -2.56. The Hall–Kier alpha value is -0.570. The van der Waals surface area contributed by atoms with Crippen LogP contribution in [0.2, 0.25) is 0 Å². The maximum Gasteiger partial charge on any atom is 0.222 e. The molecule has 2 aliphatic heterocycles. The average molecular weight is 196 g/mol. The molecule has 0 spiro atoms. The molecule has 0 aromatic rings. The summed E-state index contributed by atoms with van der Waals surface area (Å²) in [5, 5.41) is 3.47. The fourth-order valence-corrected chi connectivity index (χ4v) is 2.88. The molecule has 0 aromatic heterocycles. The smallest absolute Gasteiger partial charge is 0.222 e. The Morgan fingerprint density at radius 3 is 2.79 bits per heavy atom. The summed E-state index contributed by atoms with van der Waals surface area (Å²) in [5.74, 6) is 1.01. The van der Waals surface area contributed by atoms with Crippen LogP contribution in [0.15, 0.2) is 0 Å². The molecule has 3 nitrogen and oxygen atoms in total. The van der Waals surface area contributed by atoms with Gasteiger partial charge in [-0.3, -0.25) is 4.79 Å². The highest BCUT2D eigenvalue weighted by molar-refractivity contribution is 5.78. The van der Waals surface area contributed by atoms with Gasteiger partial charge in [0.05, 0.1) is 0 Å². The summed E-state index contributed by atoms with van der Waals surface area (Å²) in [7, 11) is 0. The molecule has 0 radical (unpaired) electrons. The highest BCUT2D eigenvalue weighted by Gasteiger charge is 2.36. The summed E-state index contributed by atoms with van der Waals surface area (Å²) in [6, 6.07) is 0.888. The average Bonchev–Trinajstić information content (AvgIpc) is 2.52. The van der Waals surface area contributed by atoms with Crippen LogP contribution in [0.4, 0.5) is 0 Å². The molecule has 0 aromatic carbocycles. The van der Waals surface area contributed by atoms with Crippen molar-refractivity contribution in [1.29, 1.82) is 0 Å². The lowest BCUT2D eigenvalue weighted by atomic mass is 9.88. The van der Waals surface area contributed by atoms with Crippen LogP contribution < -0.4 is 5.32 Å². The molecule has 2 rings (SSSR count). The van der Waals surface area contributed by atoms with Crippen LogP contribution in [0.5, 0.6) is 0 Å². The number of nitrogens with one attached hydrogen (secondary N) is 1. The minimum Gasteiger partial charge on any atom is -0.338 e. The molecule has 80 valence electrons.